The van der Waals surface area contributed by atoms with Crippen LogP contribution >= 0.6 is 0 Å². The number of alkyl halides is 3. The highest BCUT2D eigenvalue weighted by molar-refractivity contribution is 7.89. The van der Waals surface area contributed by atoms with E-state index in [9.17, 15) is 21.6 Å². The lowest BCUT2D eigenvalue weighted by Crippen LogP contribution is -2.71. The van der Waals surface area contributed by atoms with Gasteiger partial charge in [-0.25, -0.2) is 18.4 Å². The van der Waals surface area contributed by atoms with Gasteiger partial charge in [-0.05, 0) is 6.92 Å². The zero-order chi connectivity index (χ0) is 15.5. The van der Waals surface area contributed by atoms with E-state index in [1.165, 1.54) is 11.2 Å². The van der Waals surface area contributed by atoms with Crippen LogP contribution in [0, 0.1) is 12.3 Å². The first-order chi connectivity index (χ1) is 9.64. The van der Waals surface area contributed by atoms with Gasteiger partial charge < -0.3 is 5.32 Å². The minimum atomic E-state index is -4.69. The molecule has 3 rings (SSSR count). The molecule has 3 heterocycles. The molecule has 116 valence electrons. The van der Waals surface area contributed by atoms with E-state index in [4.69, 9.17) is 0 Å². The van der Waals surface area contributed by atoms with Crippen molar-refractivity contribution < 1.29 is 21.6 Å². The topological polar surface area (TPSA) is 75.2 Å². The Bertz CT molecular complexity index is 677. The van der Waals surface area contributed by atoms with Gasteiger partial charge in [-0.1, -0.05) is 0 Å². The van der Waals surface area contributed by atoms with Crippen molar-refractivity contribution in [3.05, 3.63) is 17.7 Å². The molecule has 2 aliphatic heterocycles. The first-order valence-electron chi connectivity index (χ1n) is 6.26. The van der Waals surface area contributed by atoms with Gasteiger partial charge in [0, 0.05) is 31.6 Å². The van der Waals surface area contributed by atoms with E-state index in [2.05, 4.69) is 15.3 Å². The van der Waals surface area contributed by atoms with Crippen LogP contribution in [0.3, 0.4) is 0 Å². The first-order valence-corrected chi connectivity index (χ1v) is 7.70. The summed E-state index contributed by atoms with van der Waals surface area (Å²) in [4.78, 5) is 6.14. The average Bonchev–Trinajstić information content (AvgIpc) is 2.22. The molecular formula is C11H13F3N4O2S. The third-order valence-corrected chi connectivity index (χ3v) is 5.72. The second-order valence-electron chi connectivity index (χ2n) is 5.52. The third-order valence-electron chi connectivity index (χ3n) is 3.83. The van der Waals surface area contributed by atoms with Crippen molar-refractivity contribution in [3.63, 3.8) is 0 Å². The number of hydrogen-bond donors (Lipinski definition) is 1. The maximum Gasteiger partial charge on any atom is 0.451 e. The SMILES string of the molecule is Cc1nc(C(F)(F)F)ncc1S(=O)(=O)N1CC2(CNC2)C1. The lowest BCUT2D eigenvalue weighted by Gasteiger charge is -2.55. The van der Waals surface area contributed by atoms with Crippen molar-refractivity contribution in [2.45, 2.75) is 18.0 Å². The Hall–Kier alpha value is -1.26. The molecule has 2 saturated heterocycles. The average molecular weight is 322 g/mol. The maximum absolute atomic E-state index is 12.5. The molecule has 0 unspecified atom stereocenters. The summed E-state index contributed by atoms with van der Waals surface area (Å²) in [5.41, 5.74) is -0.196. The molecule has 0 amide bonds. The van der Waals surface area contributed by atoms with Gasteiger partial charge >= 0.3 is 6.18 Å². The van der Waals surface area contributed by atoms with Gasteiger partial charge in [0.25, 0.3) is 0 Å². The van der Waals surface area contributed by atoms with E-state index < -0.39 is 22.0 Å². The summed E-state index contributed by atoms with van der Waals surface area (Å²) in [5, 5.41) is 3.08. The van der Waals surface area contributed by atoms with Crippen LogP contribution in [0.25, 0.3) is 0 Å². The molecule has 1 N–H and O–H groups in total. The van der Waals surface area contributed by atoms with Gasteiger partial charge in [0.15, 0.2) is 0 Å². The zero-order valence-electron chi connectivity index (χ0n) is 11.1. The smallest absolute Gasteiger partial charge is 0.315 e. The Morgan fingerprint density at radius 1 is 1.33 bits per heavy atom. The summed E-state index contributed by atoms with van der Waals surface area (Å²) in [6.45, 7) is 3.53. The Kier molecular flexibility index (Phi) is 3.05. The first kappa shape index (κ1) is 14.7. The molecule has 1 spiro atoms. The molecule has 0 radical (unpaired) electrons. The minimum absolute atomic E-state index is 0.00621. The van der Waals surface area contributed by atoms with Gasteiger partial charge in [0.05, 0.1) is 11.9 Å². The van der Waals surface area contributed by atoms with Crippen LogP contribution in [0.1, 0.15) is 11.5 Å². The molecule has 0 atom stereocenters. The highest BCUT2D eigenvalue weighted by Gasteiger charge is 2.52. The summed E-state index contributed by atoms with van der Waals surface area (Å²) in [6.07, 6.45) is -3.95. The van der Waals surface area contributed by atoms with Gasteiger partial charge in [-0.2, -0.15) is 17.5 Å². The van der Waals surface area contributed by atoms with Gasteiger partial charge in [0.1, 0.15) is 4.90 Å². The van der Waals surface area contributed by atoms with E-state index in [0.717, 1.165) is 19.3 Å². The molecule has 1 aromatic heterocycles. The predicted molar refractivity (Wildman–Crippen MR) is 65.8 cm³/mol. The summed E-state index contributed by atoms with van der Waals surface area (Å²) in [6, 6.07) is 0. The second kappa shape index (κ2) is 4.37. The Morgan fingerprint density at radius 3 is 2.38 bits per heavy atom. The number of nitrogens with one attached hydrogen (secondary N) is 1. The number of nitrogens with zero attached hydrogens (tertiary/aromatic N) is 3. The fourth-order valence-corrected chi connectivity index (χ4v) is 4.33. The molecule has 0 aromatic carbocycles. The highest BCUT2D eigenvalue weighted by Crippen LogP contribution is 2.38. The van der Waals surface area contributed by atoms with E-state index in [-0.39, 0.29) is 16.0 Å². The Labute approximate surface area is 119 Å². The Morgan fingerprint density at radius 2 is 1.95 bits per heavy atom. The molecular weight excluding hydrogens is 309 g/mol. The molecule has 6 nitrogen and oxygen atoms in total. The molecule has 21 heavy (non-hydrogen) atoms. The standard InChI is InChI=1S/C11H13F3N4O2S/c1-7-8(2-16-9(17-7)11(12,13)14)21(19,20)18-5-10(6-18)3-15-4-10/h2,15H,3-6H2,1H3. The van der Waals surface area contributed by atoms with E-state index in [1.54, 1.807) is 0 Å². The number of sulfonamides is 1. The lowest BCUT2D eigenvalue weighted by atomic mass is 9.76. The largest absolute Gasteiger partial charge is 0.451 e. The maximum atomic E-state index is 12.5. The highest BCUT2D eigenvalue weighted by atomic mass is 32.2. The number of halogens is 3. The molecule has 2 fully saturated rings. The minimum Gasteiger partial charge on any atom is -0.315 e. The molecule has 0 saturated carbocycles. The van der Waals surface area contributed by atoms with Crippen LogP contribution in [0.5, 0.6) is 0 Å². The van der Waals surface area contributed by atoms with Crippen LogP contribution in [-0.4, -0.2) is 48.9 Å². The third kappa shape index (κ3) is 2.30. The number of aromatic nitrogens is 2. The second-order valence-corrected chi connectivity index (χ2v) is 7.42. The summed E-state index contributed by atoms with van der Waals surface area (Å²) < 4.78 is 63.5. The zero-order valence-corrected chi connectivity index (χ0v) is 11.9. The van der Waals surface area contributed by atoms with Crippen LogP contribution in [-0.2, 0) is 16.2 Å². The van der Waals surface area contributed by atoms with Crippen LogP contribution in [0.4, 0.5) is 13.2 Å². The van der Waals surface area contributed by atoms with Gasteiger partial charge in [-0.15, -0.1) is 0 Å². The molecule has 10 heteroatoms. The normalized spacial score (nSPS) is 21.9. The predicted octanol–water partition coefficient (Wildman–Crippen LogP) is 0.398. The molecule has 2 aliphatic rings. The Balaban J connectivity index is 1.86. The lowest BCUT2D eigenvalue weighted by molar-refractivity contribution is -0.145. The van der Waals surface area contributed by atoms with Crippen LogP contribution < -0.4 is 5.32 Å². The summed E-state index contributed by atoms with van der Waals surface area (Å²) in [7, 11) is -3.83. The van der Waals surface area contributed by atoms with Crippen molar-refractivity contribution >= 4 is 10.0 Å². The van der Waals surface area contributed by atoms with Crippen molar-refractivity contribution in [2.75, 3.05) is 26.2 Å². The van der Waals surface area contributed by atoms with Crippen molar-refractivity contribution in [3.8, 4) is 0 Å². The summed E-state index contributed by atoms with van der Waals surface area (Å²) in [5.74, 6) is -1.33. The van der Waals surface area contributed by atoms with Crippen molar-refractivity contribution in [1.82, 2.24) is 19.6 Å². The quantitative estimate of drug-likeness (QED) is 0.853. The molecule has 1 aromatic rings. The van der Waals surface area contributed by atoms with E-state index in [1.807, 2.05) is 0 Å². The number of rotatable bonds is 2. The van der Waals surface area contributed by atoms with Crippen molar-refractivity contribution in [2.24, 2.45) is 5.41 Å². The van der Waals surface area contributed by atoms with Crippen molar-refractivity contribution in [1.29, 1.82) is 0 Å². The van der Waals surface area contributed by atoms with E-state index in [0.29, 0.717) is 13.1 Å². The molecule has 0 aliphatic carbocycles. The number of hydrogen-bond acceptors (Lipinski definition) is 5. The number of aryl methyl sites for hydroxylation is 1. The van der Waals surface area contributed by atoms with Gasteiger partial charge in [-0.3, -0.25) is 0 Å². The fraction of sp³-hybridized carbons (Fsp3) is 0.636. The molecule has 0 bridgehead atoms. The van der Waals surface area contributed by atoms with Gasteiger partial charge in [0.2, 0.25) is 15.8 Å². The monoisotopic (exact) mass is 322 g/mol. The van der Waals surface area contributed by atoms with E-state index >= 15 is 0 Å². The fourth-order valence-electron chi connectivity index (χ4n) is 2.56. The summed E-state index contributed by atoms with van der Waals surface area (Å²) >= 11 is 0. The van der Waals surface area contributed by atoms with Crippen LogP contribution in [0.15, 0.2) is 11.1 Å². The van der Waals surface area contributed by atoms with Crippen LogP contribution in [0.2, 0.25) is 0 Å².